The van der Waals surface area contributed by atoms with Crippen LogP contribution >= 0.6 is 0 Å². The minimum absolute atomic E-state index is 0.00848. The average Bonchev–Trinajstić information content (AvgIpc) is 3.58. The summed E-state index contributed by atoms with van der Waals surface area (Å²) in [5.74, 6) is 0.393. The van der Waals surface area contributed by atoms with Gasteiger partial charge in [-0.1, -0.05) is 0 Å². The summed E-state index contributed by atoms with van der Waals surface area (Å²) in [6.45, 7) is 2.82. The number of carbonyl (C=O) groups is 2. The molecule has 2 aliphatic heterocycles. The molecule has 1 atom stereocenters. The molecule has 5 rings (SSSR count). The lowest BCUT2D eigenvalue weighted by Crippen LogP contribution is -2.31. The van der Waals surface area contributed by atoms with Crippen molar-refractivity contribution >= 4 is 17.4 Å². The van der Waals surface area contributed by atoms with Crippen molar-refractivity contribution in [3.63, 3.8) is 0 Å². The Kier molecular flexibility index (Phi) is 4.93. The molecule has 4 heterocycles. The number of hydrogen-bond donors (Lipinski definition) is 1. The maximum absolute atomic E-state index is 13.0. The van der Waals surface area contributed by atoms with Gasteiger partial charge in [-0.3, -0.25) is 9.59 Å². The largest absolute Gasteiger partial charge is 0.507 e. The number of imidazole rings is 1. The number of ether oxygens (including phenoxy) is 2. The number of likely N-dealkylation sites (tertiary alicyclic amines) is 1. The van der Waals surface area contributed by atoms with Crippen LogP contribution in [0.15, 0.2) is 59.0 Å². The van der Waals surface area contributed by atoms with Gasteiger partial charge in [0.15, 0.2) is 11.5 Å². The van der Waals surface area contributed by atoms with Gasteiger partial charge < -0.3 is 28.5 Å². The van der Waals surface area contributed by atoms with E-state index in [1.165, 1.54) is 4.90 Å². The molecule has 1 amide bonds. The molecule has 1 saturated heterocycles. The summed E-state index contributed by atoms with van der Waals surface area (Å²) < 4.78 is 18.4. The summed E-state index contributed by atoms with van der Waals surface area (Å²) in [7, 11) is 0. The Morgan fingerprint density at radius 2 is 2.00 bits per heavy atom. The molecule has 0 radical (unpaired) electrons. The Hall–Kier alpha value is -4.01. The van der Waals surface area contributed by atoms with Gasteiger partial charge in [0, 0.05) is 31.0 Å². The van der Waals surface area contributed by atoms with Crippen molar-refractivity contribution < 1.29 is 28.6 Å². The van der Waals surface area contributed by atoms with Crippen LogP contribution in [0.5, 0.6) is 11.5 Å². The van der Waals surface area contributed by atoms with E-state index < -0.39 is 17.7 Å². The Bertz CT molecular complexity index is 1210. The molecular weight excluding hydrogens is 414 g/mol. The number of ketones is 1. The van der Waals surface area contributed by atoms with Gasteiger partial charge in [0.1, 0.15) is 23.3 Å². The molecule has 3 aromatic rings. The molecule has 1 fully saturated rings. The van der Waals surface area contributed by atoms with Gasteiger partial charge in [0.05, 0.1) is 11.9 Å². The van der Waals surface area contributed by atoms with Crippen LogP contribution in [0.4, 0.5) is 0 Å². The third-order valence-corrected chi connectivity index (χ3v) is 5.59. The fourth-order valence-corrected chi connectivity index (χ4v) is 4.05. The number of aliphatic hydroxyl groups is 1. The number of carbonyl (C=O) groups excluding carboxylic acids is 2. The van der Waals surface area contributed by atoms with Crippen LogP contribution in [-0.4, -0.2) is 44.6 Å². The predicted molar refractivity (Wildman–Crippen MR) is 112 cm³/mol. The van der Waals surface area contributed by atoms with Gasteiger partial charge in [0.2, 0.25) is 6.79 Å². The van der Waals surface area contributed by atoms with Crippen LogP contribution in [-0.2, 0) is 16.1 Å². The average molecular weight is 435 g/mol. The highest BCUT2D eigenvalue weighted by atomic mass is 16.7. The molecule has 0 bridgehead atoms. The van der Waals surface area contributed by atoms with E-state index in [1.54, 1.807) is 49.8 Å². The molecule has 164 valence electrons. The van der Waals surface area contributed by atoms with Crippen molar-refractivity contribution in [2.75, 3.05) is 13.3 Å². The number of hydrogen-bond acceptors (Lipinski definition) is 7. The molecule has 1 N–H and O–H groups in total. The first-order valence-corrected chi connectivity index (χ1v) is 10.2. The normalized spacial score (nSPS) is 19.2. The van der Waals surface area contributed by atoms with E-state index in [1.807, 2.05) is 10.8 Å². The fourth-order valence-electron chi connectivity index (χ4n) is 4.05. The summed E-state index contributed by atoms with van der Waals surface area (Å²) in [6.07, 6.45) is 5.81. The Morgan fingerprint density at radius 3 is 2.75 bits per heavy atom. The van der Waals surface area contributed by atoms with E-state index in [4.69, 9.17) is 13.9 Å². The second-order valence-corrected chi connectivity index (χ2v) is 7.66. The van der Waals surface area contributed by atoms with Crippen molar-refractivity contribution in [2.45, 2.75) is 25.9 Å². The maximum Gasteiger partial charge on any atom is 0.295 e. The zero-order valence-corrected chi connectivity index (χ0v) is 17.4. The summed E-state index contributed by atoms with van der Waals surface area (Å²) in [6, 6.07) is 7.54. The number of aliphatic hydroxyl groups excluding tert-OH is 1. The molecule has 9 heteroatoms. The topological polar surface area (TPSA) is 107 Å². The van der Waals surface area contributed by atoms with Crippen molar-refractivity contribution in [1.82, 2.24) is 14.5 Å². The minimum Gasteiger partial charge on any atom is -0.507 e. The zero-order chi connectivity index (χ0) is 22.2. The predicted octanol–water partition coefficient (Wildman–Crippen LogP) is 3.03. The number of rotatable bonds is 6. The number of Topliss-reactive ketones (excluding diaryl/α,β-unsaturated/α-hetero) is 1. The third kappa shape index (κ3) is 3.41. The van der Waals surface area contributed by atoms with Crippen LogP contribution in [0, 0.1) is 6.92 Å². The molecule has 0 spiro atoms. The van der Waals surface area contributed by atoms with Crippen molar-refractivity contribution in [2.24, 2.45) is 0 Å². The number of aromatic nitrogens is 2. The van der Waals surface area contributed by atoms with Crippen LogP contribution in [0.1, 0.15) is 29.5 Å². The molecular formula is C23H21N3O6. The third-order valence-electron chi connectivity index (χ3n) is 5.59. The summed E-state index contributed by atoms with van der Waals surface area (Å²) in [4.78, 5) is 31.4. The first-order valence-electron chi connectivity index (χ1n) is 10.2. The number of amides is 1. The molecule has 2 aromatic heterocycles. The van der Waals surface area contributed by atoms with Crippen molar-refractivity contribution in [3.8, 4) is 11.5 Å². The smallest absolute Gasteiger partial charge is 0.295 e. The van der Waals surface area contributed by atoms with Gasteiger partial charge in [-0.15, -0.1) is 0 Å². The number of fused-ring (bicyclic) bond motifs is 1. The number of furan rings is 1. The first kappa shape index (κ1) is 19.9. The van der Waals surface area contributed by atoms with E-state index in [2.05, 4.69) is 4.98 Å². The SMILES string of the molecule is Cc1ccc(C2/C(=C(\O)c3ccc4c(c3)OCO4)C(=O)C(=O)N2CCCn2ccnc2)o1. The van der Waals surface area contributed by atoms with Gasteiger partial charge in [0.25, 0.3) is 11.7 Å². The van der Waals surface area contributed by atoms with Crippen LogP contribution < -0.4 is 9.47 Å². The van der Waals surface area contributed by atoms with Crippen molar-refractivity contribution in [1.29, 1.82) is 0 Å². The molecule has 1 aromatic carbocycles. The van der Waals surface area contributed by atoms with E-state index >= 15 is 0 Å². The Labute approximate surface area is 183 Å². The van der Waals surface area contributed by atoms with Crippen LogP contribution in [0.25, 0.3) is 5.76 Å². The lowest BCUT2D eigenvalue weighted by atomic mass is 9.99. The number of nitrogens with zero attached hydrogens (tertiary/aromatic N) is 3. The second kappa shape index (κ2) is 7.92. The Balaban J connectivity index is 1.52. The molecule has 1 unspecified atom stereocenters. The lowest BCUT2D eigenvalue weighted by molar-refractivity contribution is -0.140. The molecule has 2 aliphatic rings. The Morgan fingerprint density at radius 1 is 1.16 bits per heavy atom. The minimum atomic E-state index is -0.822. The summed E-state index contributed by atoms with van der Waals surface area (Å²) in [5.41, 5.74) is 0.352. The summed E-state index contributed by atoms with van der Waals surface area (Å²) >= 11 is 0. The summed E-state index contributed by atoms with van der Waals surface area (Å²) in [5, 5.41) is 11.1. The highest BCUT2D eigenvalue weighted by Gasteiger charge is 2.47. The van der Waals surface area contributed by atoms with Gasteiger partial charge in [-0.25, -0.2) is 4.98 Å². The highest BCUT2D eigenvalue weighted by molar-refractivity contribution is 6.46. The lowest BCUT2D eigenvalue weighted by Gasteiger charge is -2.23. The molecule has 0 aliphatic carbocycles. The van der Waals surface area contributed by atoms with Gasteiger partial charge in [-0.2, -0.15) is 0 Å². The van der Waals surface area contributed by atoms with Crippen LogP contribution in [0.2, 0.25) is 0 Å². The maximum atomic E-state index is 13.0. The number of benzene rings is 1. The first-order chi connectivity index (χ1) is 15.5. The van der Waals surface area contributed by atoms with E-state index in [0.717, 1.165) is 0 Å². The quantitative estimate of drug-likeness (QED) is 0.360. The van der Waals surface area contributed by atoms with Crippen molar-refractivity contribution in [3.05, 3.63) is 71.7 Å². The van der Waals surface area contributed by atoms with Gasteiger partial charge >= 0.3 is 0 Å². The molecule has 9 nitrogen and oxygen atoms in total. The van der Waals surface area contributed by atoms with E-state index in [0.29, 0.717) is 48.1 Å². The van der Waals surface area contributed by atoms with Crippen LogP contribution in [0.3, 0.4) is 0 Å². The molecule has 32 heavy (non-hydrogen) atoms. The molecule has 0 saturated carbocycles. The van der Waals surface area contributed by atoms with E-state index in [9.17, 15) is 14.7 Å². The standard InChI is InChI=1S/C23H21N3O6/c1-14-3-5-17(32-14)20-19(21(27)15-4-6-16-18(11-15)31-13-30-16)22(28)23(29)26(20)9-2-8-25-10-7-24-12-25/h3-7,10-12,20,27H,2,8-9,13H2,1H3/b21-19+. The van der Waals surface area contributed by atoms with E-state index in [-0.39, 0.29) is 18.1 Å². The zero-order valence-electron chi connectivity index (χ0n) is 17.4. The van der Waals surface area contributed by atoms with Gasteiger partial charge in [-0.05, 0) is 43.7 Å². The monoisotopic (exact) mass is 435 g/mol. The second-order valence-electron chi connectivity index (χ2n) is 7.66. The number of aryl methyl sites for hydroxylation is 2. The highest BCUT2D eigenvalue weighted by Crippen LogP contribution is 2.41. The fraction of sp³-hybridized carbons (Fsp3) is 0.261.